The maximum absolute atomic E-state index is 4.41. The number of nitrogens with zero attached hydrogens (tertiary/aromatic N) is 1. The van der Waals surface area contributed by atoms with Crippen molar-refractivity contribution in [2.45, 2.75) is 26.7 Å². The number of imidazole rings is 1. The summed E-state index contributed by atoms with van der Waals surface area (Å²) in [4.78, 5) is 7.78. The Morgan fingerprint density at radius 1 is 1.18 bits per heavy atom. The normalized spacial score (nSPS) is 10.3. The number of rotatable bonds is 4. The third-order valence-corrected chi connectivity index (χ3v) is 2.67. The summed E-state index contributed by atoms with van der Waals surface area (Å²) in [5.74, 6) is 1.82. The van der Waals surface area contributed by atoms with E-state index in [1.165, 1.54) is 12.0 Å². The smallest absolute Gasteiger partial charge is 0.106 e. The molecule has 2 aromatic rings. The van der Waals surface area contributed by atoms with E-state index in [2.05, 4.69) is 35.9 Å². The van der Waals surface area contributed by atoms with Crippen LogP contribution in [0.2, 0.25) is 0 Å². The summed E-state index contributed by atoms with van der Waals surface area (Å²) in [7, 11) is 0. The van der Waals surface area contributed by atoms with Gasteiger partial charge in [-0.25, -0.2) is 4.98 Å². The van der Waals surface area contributed by atoms with Crippen molar-refractivity contribution in [3.8, 4) is 11.3 Å². The van der Waals surface area contributed by atoms with Gasteiger partial charge in [-0.05, 0) is 17.9 Å². The Morgan fingerprint density at radius 3 is 2.53 bits per heavy atom. The molecule has 0 saturated heterocycles. The molecule has 0 radical (unpaired) electrons. The molecule has 17 heavy (non-hydrogen) atoms. The van der Waals surface area contributed by atoms with E-state index in [4.69, 9.17) is 0 Å². The zero-order chi connectivity index (χ0) is 11.4. The van der Waals surface area contributed by atoms with Gasteiger partial charge in [-0.2, -0.15) is 0 Å². The molecule has 0 atom stereocenters. The average molecular weight is 231 g/mol. The van der Waals surface area contributed by atoms with Crippen LogP contribution in [0.5, 0.6) is 0 Å². The van der Waals surface area contributed by atoms with Crippen LogP contribution in [0.15, 0.2) is 36.5 Å². The molecular weight excluding hydrogens is 210 g/mol. The minimum atomic E-state index is 0. The topological polar surface area (TPSA) is 63.7 Å². The van der Waals surface area contributed by atoms with Crippen LogP contribution in [-0.2, 0) is 6.42 Å². The minimum absolute atomic E-state index is 0. The zero-order valence-corrected chi connectivity index (χ0v) is 10.6. The van der Waals surface area contributed by atoms with Crippen LogP contribution in [0.4, 0.5) is 0 Å². The van der Waals surface area contributed by atoms with Gasteiger partial charge in [0.1, 0.15) is 5.82 Å². The Kier molecular flexibility index (Phi) is 4.91. The lowest BCUT2D eigenvalue weighted by Crippen LogP contribution is -1.93. The number of benzene rings is 1. The standard InChI is InChI=1S/C14H18N2.H3N/c1-11(2)8-9-14-15-10-13(16-14)12-6-4-3-5-7-12;/h3-7,10-11H,8-9H2,1-2H3,(H,15,16);1H3. The summed E-state index contributed by atoms with van der Waals surface area (Å²) >= 11 is 0. The second-order valence-electron chi connectivity index (χ2n) is 4.54. The van der Waals surface area contributed by atoms with Gasteiger partial charge in [0.25, 0.3) is 0 Å². The molecule has 1 aromatic heterocycles. The van der Waals surface area contributed by atoms with Crippen molar-refractivity contribution in [3.63, 3.8) is 0 Å². The molecule has 92 valence electrons. The number of nitrogens with one attached hydrogen (secondary N) is 1. The van der Waals surface area contributed by atoms with Crippen molar-refractivity contribution in [1.82, 2.24) is 16.1 Å². The van der Waals surface area contributed by atoms with Crippen molar-refractivity contribution >= 4 is 0 Å². The van der Waals surface area contributed by atoms with E-state index in [0.29, 0.717) is 0 Å². The Hall–Kier alpha value is -1.61. The summed E-state index contributed by atoms with van der Waals surface area (Å²) in [6.45, 7) is 4.47. The fourth-order valence-corrected chi connectivity index (χ4v) is 1.68. The van der Waals surface area contributed by atoms with E-state index in [0.717, 1.165) is 23.9 Å². The molecule has 0 aliphatic carbocycles. The van der Waals surface area contributed by atoms with E-state index >= 15 is 0 Å². The summed E-state index contributed by atoms with van der Waals surface area (Å²) in [5, 5.41) is 0. The highest BCUT2D eigenvalue weighted by Gasteiger charge is 2.03. The van der Waals surface area contributed by atoms with Gasteiger partial charge < -0.3 is 11.1 Å². The first-order chi connectivity index (χ1) is 7.75. The van der Waals surface area contributed by atoms with Crippen molar-refractivity contribution in [2.24, 2.45) is 5.92 Å². The van der Waals surface area contributed by atoms with Crippen LogP contribution >= 0.6 is 0 Å². The number of aromatic nitrogens is 2. The van der Waals surface area contributed by atoms with Gasteiger partial charge in [0.15, 0.2) is 0 Å². The SMILES string of the molecule is CC(C)CCc1ncc(-c2ccccc2)[nH]1.N. The predicted molar refractivity (Wildman–Crippen MR) is 72.2 cm³/mol. The molecule has 2 rings (SSSR count). The zero-order valence-electron chi connectivity index (χ0n) is 10.6. The van der Waals surface area contributed by atoms with Crippen molar-refractivity contribution in [1.29, 1.82) is 0 Å². The first-order valence-electron chi connectivity index (χ1n) is 5.85. The van der Waals surface area contributed by atoms with E-state index < -0.39 is 0 Å². The van der Waals surface area contributed by atoms with Crippen LogP contribution in [0, 0.1) is 5.92 Å². The third-order valence-electron chi connectivity index (χ3n) is 2.67. The van der Waals surface area contributed by atoms with Gasteiger partial charge in [0.05, 0.1) is 11.9 Å². The second kappa shape index (κ2) is 6.21. The van der Waals surface area contributed by atoms with Gasteiger partial charge in [-0.1, -0.05) is 44.2 Å². The van der Waals surface area contributed by atoms with Crippen LogP contribution < -0.4 is 6.15 Å². The predicted octanol–water partition coefficient (Wildman–Crippen LogP) is 3.83. The highest BCUT2D eigenvalue weighted by atomic mass is 14.9. The molecule has 0 saturated carbocycles. The van der Waals surface area contributed by atoms with Gasteiger partial charge in [0.2, 0.25) is 0 Å². The van der Waals surface area contributed by atoms with E-state index in [9.17, 15) is 0 Å². The molecule has 0 bridgehead atoms. The Bertz CT molecular complexity index is 432. The first kappa shape index (κ1) is 13.5. The van der Waals surface area contributed by atoms with Crippen LogP contribution in [0.1, 0.15) is 26.1 Å². The lowest BCUT2D eigenvalue weighted by molar-refractivity contribution is 0.577. The number of hydrogen-bond donors (Lipinski definition) is 2. The summed E-state index contributed by atoms with van der Waals surface area (Å²) < 4.78 is 0. The summed E-state index contributed by atoms with van der Waals surface area (Å²) in [5.41, 5.74) is 2.31. The molecular formula is C14H21N3. The third kappa shape index (κ3) is 3.71. The molecule has 1 heterocycles. The fourth-order valence-electron chi connectivity index (χ4n) is 1.68. The van der Waals surface area contributed by atoms with Crippen molar-refractivity contribution < 1.29 is 0 Å². The van der Waals surface area contributed by atoms with E-state index in [1.807, 2.05) is 24.4 Å². The number of aromatic amines is 1. The van der Waals surface area contributed by atoms with E-state index in [1.54, 1.807) is 0 Å². The molecule has 3 nitrogen and oxygen atoms in total. The largest absolute Gasteiger partial charge is 0.344 e. The van der Waals surface area contributed by atoms with Gasteiger partial charge in [0, 0.05) is 6.42 Å². The molecule has 0 amide bonds. The fraction of sp³-hybridized carbons (Fsp3) is 0.357. The summed E-state index contributed by atoms with van der Waals surface area (Å²) in [6, 6.07) is 10.3. The molecule has 1 aromatic carbocycles. The monoisotopic (exact) mass is 231 g/mol. The minimum Gasteiger partial charge on any atom is -0.344 e. The molecule has 0 unspecified atom stereocenters. The lowest BCUT2D eigenvalue weighted by Gasteiger charge is -2.01. The quantitative estimate of drug-likeness (QED) is 0.840. The van der Waals surface area contributed by atoms with Gasteiger partial charge in [-0.15, -0.1) is 0 Å². The Balaban J connectivity index is 0.00000144. The Labute approximate surface area is 103 Å². The molecule has 0 aliphatic rings. The average Bonchev–Trinajstić information content (AvgIpc) is 2.76. The molecule has 0 aliphatic heterocycles. The van der Waals surface area contributed by atoms with Crippen molar-refractivity contribution in [3.05, 3.63) is 42.4 Å². The Morgan fingerprint density at radius 2 is 1.88 bits per heavy atom. The molecule has 0 fully saturated rings. The number of H-pyrrole nitrogens is 1. The number of hydrogen-bond acceptors (Lipinski definition) is 2. The highest BCUT2D eigenvalue weighted by molar-refractivity contribution is 5.57. The van der Waals surface area contributed by atoms with Gasteiger partial charge in [-0.3, -0.25) is 0 Å². The van der Waals surface area contributed by atoms with Crippen LogP contribution in [0.25, 0.3) is 11.3 Å². The first-order valence-corrected chi connectivity index (χ1v) is 5.85. The summed E-state index contributed by atoms with van der Waals surface area (Å²) in [6.07, 6.45) is 4.14. The van der Waals surface area contributed by atoms with Gasteiger partial charge >= 0.3 is 0 Å². The lowest BCUT2D eigenvalue weighted by atomic mass is 10.1. The second-order valence-corrected chi connectivity index (χ2v) is 4.54. The molecule has 3 heteroatoms. The van der Waals surface area contributed by atoms with E-state index in [-0.39, 0.29) is 6.15 Å². The maximum atomic E-state index is 4.41. The van der Waals surface area contributed by atoms with Crippen LogP contribution in [0.3, 0.4) is 0 Å². The number of aryl methyl sites for hydroxylation is 1. The van der Waals surface area contributed by atoms with Crippen molar-refractivity contribution in [2.75, 3.05) is 0 Å². The van der Waals surface area contributed by atoms with Crippen LogP contribution in [-0.4, -0.2) is 9.97 Å². The molecule has 4 N–H and O–H groups in total. The molecule has 0 spiro atoms. The highest BCUT2D eigenvalue weighted by Crippen LogP contribution is 2.17. The maximum Gasteiger partial charge on any atom is 0.106 e.